The predicted molar refractivity (Wildman–Crippen MR) is 66.2 cm³/mol. The van der Waals surface area contributed by atoms with E-state index < -0.39 is 0 Å². The van der Waals surface area contributed by atoms with Crippen LogP contribution in [-0.2, 0) is 0 Å². The summed E-state index contributed by atoms with van der Waals surface area (Å²) in [4.78, 5) is 16.0. The molecule has 1 saturated heterocycles. The van der Waals surface area contributed by atoms with Crippen LogP contribution < -0.4 is 10.6 Å². The molecule has 6 nitrogen and oxygen atoms in total. The van der Waals surface area contributed by atoms with E-state index >= 15 is 0 Å². The SMILES string of the molecule is Cc1nc(C(=O)NC2CCNC3(CCC3)C2)n[nH]1. The Bertz CT molecular complexity index is 451. The van der Waals surface area contributed by atoms with Gasteiger partial charge in [0.15, 0.2) is 0 Å². The lowest BCUT2D eigenvalue weighted by molar-refractivity contribution is 0.0844. The molecule has 6 heteroatoms. The van der Waals surface area contributed by atoms with Crippen LogP contribution in [0.15, 0.2) is 0 Å². The first kappa shape index (κ1) is 11.6. The number of rotatable bonds is 2. The van der Waals surface area contributed by atoms with Gasteiger partial charge in [-0.1, -0.05) is 0 Å². The zero-order valence-electron chi connectivity index (χ0n) is 10.6. The minimum atomic E-state index is -0.166. The molecule has 1 unspecified atom stereocenters. The third-order valence-electron chi connectivity index (χ3n) is 4.08. The number of nitrogens with zero attached hydrogens (tertiary/aromatic N) is 2. The maximum atomic E-state index is 12.0. The van der Waals surface area contributed by atoms with E-state index in [4.69, 9.17) is 0 Å². The molecule has 3 rings (SSSR count). The van der Waals surface area contributed by atoms with Crippen LogP contribution in [0.3, 0.4) is 0 Å². The Labute approximate surface area is 106 Å². The summed E-state index contributed by atoms with van der Waals surface area (Å²) in [5.74, 6) is 0.746. The molecule has 18 heavy (non-hydrogen) atoms. The summed E-state index contributed by atoms with van der Waals surface area (Å²) in [5, 5.41) is 13.2. The van der Waals surface area contributed by atoms with Crippen LogP contribution in [0.5, 0.6) is 0 Å². The zero-order chi connectivity index (χ0) is 12.6. The largest absolute Gasteiger partial charge is 0.346 e. The molecular formula is C12H19N5O. The Kier molecular flexibility index (Phi) is 2.81. The van der Waals surface area contributed by atoms with Crippen molar-refractivity contribution in [3.05, 3.63) is 11.6 Å². The van der Waals surface area contributed by atoms with Crippen molar-refractivity contribution in [2.45, 2.75) is 50.6 Å². The first-order chi connectivity index (χ1) is 8.67. The molecule has 1 aromatic rings. The van der Waals surface area contributed by atoms with Crippen molar-refractivity contribution in [3.63, 3.8) is 0 Å². The van der Waals surface area contributed by atoms with Gasteiger partial charge in [0.1, 0.15) is 5.82 Å². The fourth-order valence-corrected chi connectivity index (χ4v) is 2.96. The standard InChI is InChI=1S/C12H19N5O/c1-8-14-10(17-16-8)11(18)15-9-3-6-13-12(7-9)4-2-5-12/h9,13H,2-7H2,1H3,(H,15,18)(H,14,16,17). The fraction of sp³-hybridized carbons (Fsp3) is 0.750. The van der Waals surface area contributed by atoms with Gasteiger partial charge in [-0.3, -0.25) is 9.89 Å². The van der Waals surface area contributed by atoms with Crippen LogP contribution in [0, 0.1) is 6.92 Å². The highest BCUT2D eigenvalue weighted by molar-refractivity contribution is 5.90. The number of piperidine rings is 1. The predicted octanol–water partition coefficient (Wildman–Crippen LogP) is 0.518. The van der Waals surface area contributed by atoms with Crippen molar-refractivity contribution in [1.82, 2.24) is 25.8 Å². The minimum absolute atomic E-state index is 0.166. The molecule has 0 aromatic carbocycles. The summed E-state index contributed by atoms with van der Waals surface area (Å²) in [6.45, 7) is 2.77. The van der Waals surface area contributed by atoms with Gasteiger partial charge in [-0.2, -0.15) is 0 Å². The molecule has 1 aliphatic carbocycles. The number of aryl methyl sites for hydroxylation is 1. The van der Waals surface area contributed by atoms with E-state index in [1.54, 1.807) is 6.92 Å². The first-order valence-corrected chi connectivity index (χ1v) is 6.62. The highest BCUT2D eigenvalue weighted by Gasteiger charge is 2.41. The molecule has 3 N–H and O–H groups in total. The van der Waals surface area contributed by atoms with E-state index in [0.717, 1.165) is 19.4 Å². The molecule has 1 spiro atoms. The van der Waals surface area contributed by atoms with Crippen LogP contribution in [0.1, 0.15) is 48.5 Å². The number of aromatic nitrogens is 3. The van der Waals surface area contributed by atoms with Crippen molar-refractivity contribution in [2.75, 3.05) is 6.54 Å². The van der Waals surface area contributed by atoms with Crippen molar-refractivity contribution in [3.8, 4) is 0 Å². The smallest absolute Gasteiger partial charge is 0.291 e. The molecule has 2 fully saturated rings. The second-order valence-electron chi connectivity index (χ2n) is 5.47. The molecule has 2 heterocycles. The second kappa shape index (κ2) is 4.35. The number of hydrogen-bond donors (Lipinski definition) is 3. The summed E-state index contributed by atoms with van der Waals surface area (Å²) in [6, 6.07) is 0.248. The van der Waals surface area contributed by atoms with Gasteiger partial charge in [-0.15, -0.1) is 5.10 Å². The maximum Gasteiger partial charge on any atom is 0.291 e. The van der Waals surface area contributed by atoms with E-state index in [0.29, 0.717) is 11.4 Å². The lowest BCUT2D eigenvalue weighted by atomic mass is 9.70. The normalized spacial score (nSPS) is 25.7. The third-order valence-corrected chi connectivity index (χ3v) is 4.08. The van der Waals surface area contributed by atoms with Crippen LogP contribution in [0.2, 0.25) is 0 Å². The summed E-state index contributed by atoms with van der Waals surface area (Å²) in [5.41, 5.74) is 0.297. The Morgan fingerprint density at radius 1 is 1.50 bits per heavy atom. The molecular weight excluding hydrogens is 230 g/mol. The van der Waals surface area contributed by atoms with Crippen molar-refractivity contribution >= 4 is 5.91 Å². The number of amides is 1. The molecule has 1 amide bonds. The number of aromatic amines is 1. The van der Waals surface area contributed by atoms with Gasteiger partial charge in [0.2, 0.25) is 5.82 Å². The first-order valence-electron chi connectivity index (χ1n) is 6.62. The van der Waals surface area contributed by atoms with Gasteiger partial charge in [0, 0.05) is 11.6 Å². The van der Waals surface area contributed by atoms with Gasteiger partial charge in [-0.05, 0) is 45.6 Å². The molecule has 1 aromatic heterocycles. The Morgan fingerprint density at radius 3 is 2.94 bits per heavy atom. The van der Waals surface area contributed by atoms with E-state index in [2.05, 4.69) is 25.8 Å². The van der Waals surface area contributed by atoms with Crippen LogP contribution in [-0.4, -0.2) is 39.2 Å². The lowest BCUT2D eigenvalue weighted by Gasteiger charge is -2.48. The van der Waals surface area contributed by atoms with Gasteiger partial charge in [0.25, 0.3) is 5.91 Å². The number of H-pyrrole nitrogens is 1. The quantitative estimate of drug-likeness (QED) is 0.713. The van der Waals surface area contributed by atoms with Gasteiger partial charge >= 0.3 is 0 Å². The maximum absolute atomic E-state index is 12.0. The minimum Gasteiger partial charge on any atom is -0.346 e. The Hall–Kier alpha value is -1.43. The number of carbonyl (C=O) groups is 1. The van der Waals surface area contributed by atoms with Crippen LogP contribution >= 0.6 is 0 Å². The third kappa shape index (κ3) is 2.12. The highest BCUT2D eigenvalue weighted by atomic mass is 16.2. The molecule has 0 radical (unpaired) electrons. The number of carbonyl (C=O) groups excluding carboxylic acids is 1. The fourth-order valence-electron chi connectivity index (χ4n) is 2.96. The molecule has 1 aliphatic heterocycles. The van der Waals surface area contributed by atoms with Crippen molar-refractivity contribution < 1.29 is 4.79 Å². The molecule has 2 aliphatic rings. The highest BCUT2D eigenvalue weighted by Crippen LogP contribution is 2.38. The van der Waals surface area contributed by atoms with E-state index in [-0.39, 0.29) is 17.8 Å². The summed E-state index contributed by atoms with van der Waals surface area (Å²) >= 11 is 0. The zero-order valence-corrected chi connectivity index (χ0v) is 10.6. The number of hydrogen-bond acceptors (Lipinski definition) is 4. The lowest BCUT2D eigenvalue weighted by Crippen LogP contribution is -2.59. The van der Waals surface area contributed by atoms with Crippen molar-refractivity contribution in [2.24, 2.45) is 0 Å². The van der Waals surface area contributed by atoms with Gasteiger partial charge < -0.3 is 10.6 Å². The number of nitrogens with one attached hydrogen (secondary N) is 3. The summed E-state index contributed by atoms with van der Waals surface area (Å²) < 4.78 is 0. The monoisotopic (exact) mass is 249 g/mol. The molecule has 1 saturated carbocycles. The van der Waals surface area contributed by atoms with Crippen LogP contribution in [0.25, 0.3) is 0 Å². The molecule has 98 valence electrons. The van der Waals surface area contributed by atoms with E-state index in [1.165, 1.54) is 19.3 Å². The van der Waals surface area contributed by atoms with Gasteiger partial charge in [0.05, 0.1) is 0 Å². The second-order valence-corrected chi connectivity index (χ2v) is 5.47. The van der Waals surface area contributed by atoms with Crippen molar-refractivity contribution in [1.29, 1.82) is 0 Å². The van der Waals surface area contributed by atoms with Crippen LogP contribution in [0.4, 0.5) is 0 Å². The average molecular weight is 249 g/mol. The Balaban J connectivity index is 1.60. The van der Waals surface area contributed by atoms with E-state index in [1.807, 2.05) is 0 Å². The molecule has 0 bridgehead atoms. The summed E-state index contributed by atoms with van der Waals surface area (Å²) in [6.07, 6.45) is 5.78. The molecule has 1 atom stereocenters. The van der Waals surface area contributed by atoms with Gasteiger partial charge in [-0.25, -0.2) is 4.98 Å². The summed E-state index contributed by atoms with van der Waals surface area (Å²) in [7, 11) is 0. The topological polar surface area (TPSA) is 82.7 Å². The average Bonchev–Trinajstić information content (AvgIpc) is 2.74. The van der Waals surface area contributed by atoms with E-state index in [9.17, 15) is 4.79 Å². The Morgan fingerprint density at radius 2 is 2.33 bits per heavy atom.